The molecule has 5 heteroatoms. The molecule has 0 aliphatic carbocycles. The van der Waals surface area contributed by atoms with Gasteiger partial charge in [-0.25, -0.2) is 4.98 Å². The van der Waals surface area contributed by atoms with E-state index in [1.807, 2.05) is 36.4 Å². The molecule has 2 heterocycles. The Morgan fingerprint density at radius 2 is 2.09 bits per heavy atom. The summed E-state index contributed by atoms with van der Waals surface area (Å²) in [5.74, 6) is 0.799. The van der Waals surface area contributed by atoms with Crippen LogP contribution in [0.5, 0.6) is 0 Å². The largest absolute Gasteiger partial charge is 0.322 e. The van der Waals surface area contributed by atoms with E-state index in [1.54, 1.807) is 30.2 Å². The predicted molar refractivity (Wildman–Crippen MR) is 90.3 cm³/mol. The summed E-state index contributed by atoms with van der Waals surface area (Å²) in [5.41, 5.74) is 2.20. The average molecular weight is 309 g/mol. The summed E-state index contributed by atoms with van der Waals surface area (Å²) in [7, 11) is 0. The van der Waals surface area contributed by atoms with Crippen LogP contribution in [0.1, 0.15) is 17.3 Å². The van der Waals surface area contributed by atoms with E-state index in [-0.39, 0.29) is 5.91 Å². The van der Waals surface area contributed by atoms with Crippen molar-refractivity contribution < 1.29 is 4.79 Å². The maximum Gasteiger partial charge on any atom is 0.257 e. The molecule has 0 aliphatic heterocycles. The summed E-state index contributed by atoms with van der Waals surface area (Å²) in [6.45, 7) is 2.07. The Morgan fingerprint density at radius 3 is 2.86 bits per heavy atom. The van der Waals surface area contributed by atoms with E-state index in [9.17, 15) is 4.79 Å². The highest BCUT2D eigenvalue weighted by Crippen LogP contribution is 2.18. The topological polar surface area (TPSA) is 54.9 Å². The molecule has 1 aromatic carbocycles. The SMILES string of the molecule is CCSc1ccc(C(=O)Nc2ccc3ncccc3c2)cn1. The minimum Gasteiger partial charge on any atom is -0.322 e. The molecule has 0 aliphatic rings. The van der Waals surface area contributed by atoms with Crippen molar-refractivity contribution in [2.75, 3.05) is 11.1 Å². The highest BCUT2D eigenvalue weighted by atomic mass is 32.2. The molecular weight excluding hydrogens is 294 g/mol. The molecule has 0 atom stereocenters. The fourth-order valence-corrected chi connectivity index (χ4v) is 2.69. The molecule has 110 valence electrons. The van der Waals surface area contributed by atoms with E-state index < -0.39 is 0 Å². The summed E-state index contributed by atoms with van der Waals surface area (Å²) in [5, 5.41) is 4.81. The van der Waals surface area contributed by atoms with Crippen LogP contribution in [-0.4, -0.2) is 21.6 Å². The smallest absolute Gasteiger partial charge is 0.257 e. The summed E-state index contributed by atoms with van der Waals surface area (Å²) in [6, 6.07) is 13.2. The number of amides is 1. The van der Waals surface area contributed by atoms with E-state index >= 15 is 0 Å². The van der Waals surface area contributed by atoms with Crippen LogP contribution >= 0.6 is 11.8 Å². The van der Waals surface area contributed by atoms with Gasteiger partial charge in [0.05, 0.1) is 16.1 Å². The van der Waals surface area contributed by atoms with Gasteiger partial charge in [-0.15, -0.1) is 11.8 Å². The van der Waals surface area contributed by atoms with Crippen LogP contribution in [0.3, 0.4) is 0 Å². The molecule has 0 bridgehead atoms. The quantitative estimate of drug-likeness (QED) is 0.740. The lowest BCUT2D eigenvalue weighted by Crippen LogP contribution is -2.12. The molecule has 0 saturated heterocycles. The number of hydrogen-bond acceptors (Lipinski definition) is 4. The van der Waals surface area contributed by atoms with E-state index in [1.165, 1.54) is 0 Å². The molecule has 2 aromatic heterocycles. The normalized spacial score (nSPS) is 10.6. The fraction of sp³-hybridized carbons (Fsp3) is 0.118. The lowest BCUT2D eigenvalue weighted by Gasteiger charge is -2.06. The maximum absolute atomic E-state index is 12.2. The number of fused-ring (bicyclic) bond motifs is 1. The number of aromatic nitrogens is 2. The van der Waals surface area contributed by atoms with Gasteiger partial charge in [-0.05, 0) is 42.2 Å². The lowest BCUT2D eigenvalue weighted by molar-refractivity contribution is 0.102. The number of thioether (sulfide) groups is 1. The van der Waals surface area contributed by atoms with Crippen LogP contribution < -0.4 is 5.32 Å². The van der Waals surface area contributed by atoms with Gasteiger partial charge in [0, 0.05) is 23.5 Å². The summed E-state index contributed by atoms with van der Waals surface area (Å²) in [4.78, 5) is 20.8. The lowest BCUT2D eigenvalue weighted by atomic mass is 10.2. The number of hydrogen-bond donors (Lipinski definition) is 1. The molecule has 0 radical (unpaired) electrons. The maximum atomic E-state index is 12.2. The first kappa shape index (κ1) is 14.5. The second-order valence-electron chi connectivity index (χ2n) is 4.68. The van der Waals surface area contributed by atoms with Crippen molar-refractivity contribution >= 4 is 34.3 Å². The zero-order valence-electron chi connectivity index (χ0n) is 12.1. The van der Waals surface area contributed by atoms with E-state index in [0.29, 0.717) is 5.56 Å². The van der Waals surface area contributed by atoms with Crippen LogP contribution in [0.4, 0.5) is 5.69 Å². The molecule has 0 unspecified atom stereocenters. The minimum absolute atomic E-state index is 0.163. The van der Waals surface area contributed by atoms with Crippen molar-refractivity contribution in [2.24, 2.45) is 0 Å². The molecule has 3 aromatic rings. The monoisotopic (exact) mass is 309 g/mol. The first-order chi connectivity index (χ1) is 10.8. The van der Waals surface area contributed by atoms with Crippen LogP contribution in [0, 0.1) is 0 Å². The number of nitrogens with zero attached hydrogens (tertiary/aromatic N) is 2. The summed E-state index contributed by atoms with van der Waals surface area (Å²) >= 11 is 1.65. The first-order valence-electron chi connectivity index (χ1n) is 7.01. The van der Waals surface area contributed by atoms with Gasteiger partial charge >= 0.3 is 0 Å². The number of pyridine rings is 2. The van der Waals surface area contributed by atoms with Gasteiger partial charge < -0.3 is 5.32 Å². The number of carbonyl (C=O) groups is 1. The summed E-state index contributed by atoms with van der Waals surface area (Å²) < 4.78 is 0. The number of rotatable bonds is 4. The van der Waals surface area contributed by atoms with Crippen molar-refractivity contribution in [3.8, 4) is 0 Å². The Bertz CT molecular complexity index is 802. The van der Waals surface area contributed by atoms with Crippen LogP contribution in [0.15, 0.2) is 59.9 Å². The fourth-order valence-electron chi connectivity index (χ4n) is 2.10. The second-order valence-corrected chi connectivity index (χ2v) is 5.97. The molecular formula is C17H15N3OS. The van der Waals surface area contributed by atoms with Crippen molar-refractivity contribution in [3.05, 3.63) is 60.4 Å². The number of nitrogens with one attached hydrogen (secondary N) is 1. The van der Waals surface area contributed by atoms with Gasteiger partial charge in [0.1, 0.15) is 0 Å². The van der Waals surface area contributed by atoms with Gasteiger partial charge in [0.25, 0.3) is 5.91 Å². The first-order valence-corrected chi connectivity index (χ1v) is 8.00. The van der Waals surface area contributed by atoms with Gasteiger partial charge in [-0.2, -0.15) is 0 Å². The summed E-state index contributed by atoms with van der Waals surface area (Å²) in [6.07, 6.45) is 3.36. The molecule has 22 heavy (non-hydrogen) atoms. The Hall–Kier alpha value is -2.40. The molecule has 4 nitrogen and oxygen atoms in total. The van der Waals surface area contributed by atoms with Crippen molar-refractivity contribution in [3.63, 3.8) is 0 Å². The minimum atomic E-state index is -0.163. The Labute approximate surface area is 133 Å². The third-order valence-corrected chi connectivity index (χ3v) is 3.98. The van der Waals surface area contributed by atoms with E-state index in [0.717, 1.165) is 27.4 Å². The second kappa shape index (κ2) is 6.58. The van der Waals surface area contributed by atoms with E-state index in [4.69, 9.17) is 0 Å². The number of carbonyl (C=O) groups excluding carboxylic acids is 1. The third kappa shape index (κ3) is 3.26. The average Bonchev–Trinajstić information content (AvgIpc) is 2.56. The van der Waals surface area contributed by atoms with Gasteiger partial charge in [0.15, 0.2) is 0 Å². The number of anilines is 1. The van der Waals surface area contributed by atoms with Gasteiger partial charge in [-0.3, -0.25) is 9.78 Å². The zero-order valence-corrected chi connectivity index (χ0v) is 12.9. The van der Waals surface area contributed by atoms with Crippen molar-refractivity contribution in [2.45, 2.75) is 11.9 Å². The standard InChI is InChI=1S/C17H15N3OS/c1-2-22-16-8-5-13(11-19-16)17(21)20-14-6-7-15-12(10-14)4-3-9-18-15/h3-11H,2H2,1H3,(H,20,21). The van der Waals surface area contributed by atoms with E-state index in [2.05, 4.69) is 22.2 Å². The van der Waals surface area contributed by atoms with Crippen LogP contribution in [-0.2, 0) is 0 Å². The third-order valence-electron chi connectivity index (χ3n) is 3.15. The molecule has 3 rings (SSSR count). The zero-order chi connectivity index (χ0) is 15.4. The Morgan fingerprint density at radius 1 is 1.18 bits per heavy atom. The molecule has 0 saturated carbocycles. The molecule has 1 N–H and O–H groups in total. The highest BCUT2D eigenvalue weighted by Gasteiger charge is 2.07. The highest BCUT2D eigenvalue weighted by molar-refractivity contribution is 7.99. The van der Waals surface area contributed by atoms with Crippen LogP contribution in [0.2, 0.25) is 0 Å². The Kier molecular flexibility index (Phi) is 4.34. The van der Waals surface area contributed by atoms with Gasteiger partial charge in [-0.1, -0.05) is 13.0 Å². The van der Waals surface area contributed by atoms with Crippen molar-refractivity contribution in [1.82, 2.24) is 9.97 Å². The predicted octanol–water partition coefficient (Wildman–Crippen LogP) is 3.99. The molecule has 1 amide bonds. The Balaban J connectivity index is 1.77. The van der Waals surface area contributed by atoms with Crippen LogP contribution in [0.25, 0.3) is 10.9 Å². The number of benzene rings is 1. The van der Waals surface area contributed by atoms with Gasteiger partial charge in [0.2, 0.25) is 0 Å². The molecule has 0 spiro atoms. The molecule has 0 fully saturated rings. The van der Waals surface area contributed by atoms with Crippen molar-refractivity contribution in [1.29, 1.82) is 0 Å².